The molecule has 0 atom stereocenters. The summed E-state index contributed by atoms with van der Waals surface area (Å²) in [6.45, 7) is 0. The maximum absolute atomic E-state index is 12.4. The number of fused-ring (bicyclic) bond motifs is 2. The summed E-state index contributed by atoms with van der Waals surface area (Å²) in [6, 6.07) is 11.1. The number of aromatic nitrogens is 1. The van der Waals surface area contributed by atoms with E-state index in [-0.39, 0.29) is 16.7 Å². The van der Waals surface area contributed by atoms with Crippen LogP contribution in [0.25, 0.3) is 27.3 Å². The number of thiazole rings is 1. The van der Waals surface area contributed by atoms with E-state index >= 15 is 0 Å². The number of para-hydroxylation sites is 1. The second-order valence-corrected chi connectivity index (χ2v) is 6.80. The van der Waals surface area contributed by atoms with Crippen molar-refractivity contribution in [3.63, 3.8) is 0 Å². The number of carbonyl (C=O) groups is 1. The fourth-order valence-corrected chi connectivity index (χ4v) is 3.50. The van der Waals surface area contributed by atoms with Crippen LogP contribution in [0.15, 0.2) is 64.0 Å². The number of carbonyl (C=O) groups excluding carboxylic acids is 1. The van der Waals surface area contributed by atoms with Crippen molar-refractivity contribution in [3.05, 3.63) is 80.7 Å². The number of nitrogens with one attached hydrogen (secondary N) is 1. The summed E-state index contributed by atoms with van der Waals surface area (Å²) >= 11 is 1.12. The molecule has 0 bridgehead atoms. The minimum Gasteiger partial charge on any atom is -0.463 e. The molecule has 1 N–H and O–H groups in total. The van der Waals surface area contributed by atoms with Gasteiger partial charge >= 0.3 is 0 Å². The summed E-state index contributed by atoms with van der Waals surface area (Å²) in [6.07, 6.45) is 3.87. The zero-order valence-corrected chi connectivity index (χ0v) is 14.9. The van der Waals surface area contributed by atoms with Gasteiger partial charge in [-0.2, -0.15) is 0 Å². The van der Waals surface area contributed by atoms with Crippen molar-refractivity contribution >= 4 is 55.3 Å². The van der Waals surface area contributed by atoms with Crippen LogP contribution in [0, 0.1) is 10.1 Å². The van der Waals surface area contributed by atoms with Gasteiger partial charge in [0.25, 0.3) is 5.69 Å². The zero-order chi connectivity index (χ0) is 19.7. The summed E-state index contributed by atoms with van der Waals surface area (Å²) in [5.74, 6) is -0.485. The molecule has 0 spiro atoms. The number of non-ortho nitro benzene ring substituents is 1. The zero-order valence-electron chi connectivity index (χ0n) is 14.1. The first kappa shape index (κ1) is 17.6. The van der Waals surface area contributed by atoms with E-state index in [1.54, 1.807) is 24.3 Å². The standard InChI is InChI=1S/C19H11N3O5S/c23-17(8-5-11-10-27-15-4-2-1-3-13(15)18(11)24)21-19-20-14-7-6-12(22(25)26)9-16(14)28-19/h1-10H,(H,20,21,23)/b8-5+. The highest BCUT2D eigenvalue weighted by Gasteiger charge is 2.11. The lowest BCUT2D eigenvalue weighted by Gasteiger charge is -1.98. The Morgan fingerprint density at radius 3 is 2.89 bits per heavy atom. The molecule has 9 heteroatoms. The molecule has 0 fully saturated rings. The van der Waals surface area contributed by atoms with Gasteiger partial charge in [-0.3, -0.25) is 25.0 Å². The van der Waals surface area contributed by atoms with Gasteiger partial charge in [0.2, 0.25) is 5.91 Å². The van der Waals surface area contributed by atoms with E-state index in [1.165, 1.54) is 36.6 Å². The maximum atomic E-state index is 12.4. The summed E-state index contributed by atoms with van der Waals surface area (Å²) < 4.78 is 5.98. The fraction of sp³-hybridized carbons (Fsp3) is 0. The van der Waals surface area contributed by atoms with Crippen LogP contribution >= 0.6 is 11.3 Å². The van der Waals surface area contributed by atoms with Gasteiger partial charge < -0.3 is 4.42 Å². The third-order valence-electron chi connectivity index (χ3n) is 3.93. The highest BCUT2D eigenvalue weighted by Crippen LogP contribution is 2.29. The Labute approximate surface area is 160 Å². The van der Waals surface area contributed by atoms with Gasteiger partial charge in [0, 0.05) is 18.2 Å². The molecule has 0 aliphatic rings. The highest BCUT2D eigenvalue weighted by atomic mass is 32.1. The number of anilines is 1. The van der Waals surface area contributed by atoms with Crippen molar-refractivity contribution in [1.82, 2.24) is 4.98 Å². The van der Waals surface area contributed by atoms with Crippen molar-refractivity contribution in [1.29, 1.82) is 0 Å². The largest absolute Gasteiger partial charge is 0.463 e. The van der Waals surface area contributed by atoms with Crippen LogP contribution in [-0.4, -0.2) is 15.8 Å². The average molecular weight is 393 g/mol. The summed E-state index contributed by atoms with van der Waals surface area (Å²) in [7, 11) is 0. The van der Waals surface area contributed by atoms with E-state index in [4.69, 9.17) is 4.42 Å². The monoisotopic (exact) mass is 393 g/mol. The molecule has 8 nitrogen and oxygen atoms in total. The number of hydrogen-bond donors (Lipinski definition) is 1. The Kier molecular flexibility index (Phi) is 4.42. The average Bonchev–Trinajstić information content (AvgIpc) is 3.09. The molecule has 4 aromatic rings. The van der Waals surface area contributed by atoms with Gasteiger partial charge in [-0.15, -0.1) is 0 Å². The van der Waals surface area contributed by atoms with E-state index in [9.17, 15) is 19.7 Å². The Morgan fingerprint density at radius 1 is 1.25 bits per heavy atom. The van der Waals surface area contributed by atoms with Crippen molar-refractivity contribution in [2.45, 2.75) is 0 Å². The fourth-order valence-electron chi connectivity index (χ4n) is 2.60. The minimum absolute atomic E-state index is 0.0445. The number of nitro benzene ring substituents is 1. The second kappa shape index (κ2) is 7.05. The van der Waals surface area contributed by atoms with Crippen LogP contribution in [0.3, 0.4) is 0 Å². The molecule has 0 saturated carbocycles. The number of nitrogens with zero attached hydrogens (tertiary/aromatic N) is 2. The van der Waals surface area contributed by atoms with Crippen LogP contribution in [0.1, 0.15) is 5.56 Å². The first-order valence-electron chi connectivity index (χ1n) is 8.06. The first-order chi connectivity index (χ1) is 13.5. The number of benzene rings is 2. The molecule has 138 valence electrons. The molecule has 0 radical (unpaired) electrons. The molecular weight excluding hydrogens is 382 g/mol. The lowest BCUT2D eigenvalue weighted by molar-refractivity contribution is -0.384. The quantitative estimate of drug-likeness (QED) is 0.319. The third kappa shape index (κ3) is 3.38. The Bertz CT molecular complexity index is 1320. The molecule has 2 heterocycles. The maximum Gasteiger partial charge on any atom is 0.270 e. The Hall–Kier alpha value is -3.85. The molecule has 0 saturated heterocycles. The van der Waals surface area contributed by atoms with E-state index in [1.807, 2.05) is 0 Å². The van der Waals surface area contributed by atoms with E-state index < -0.39 is 10.8 Å². The van der Waals surface area contributed by atoms with Crippen LogP contribution in [0.5, 0.6) is 0 Å². The summed E-state index contributed by atoms with van der Waals surface area (Å²) in [5.41, 5.74) is 0.978. The van der Waals surface area contributed by atoms with Crippen LogP contribution in [0.2, 0.25) is 0 Å². The first-order valence-corrected chi connectivity index (χ1v) is 8.87. The van der Waals surface area contributed by atoms with Crippen molar-refractivity contribution in [3.8, 4) is 0 Å². The molecule has 0 unspecified atom stereocenters. The number of nitro groups is 1. The highest BCUT2D eigenvalue weighted by molar-refractivity contribution is 7.22. The Balaban J connectivity index is 1.54. The predicted octanol–water partition coefficient (Wildman–Crippen LogP) is 3.96. The normalized spacial score (nSPS) is 11.3. The van der Waals surface area contributed by atoms with Crippen molar-refractivity contribution in [2.24, 2.45) is 0 Å². The lowest BCUT2D eigenvalue weighted by atomic mass is 10.1. The second-order valence-electron chi connectivity index (χ2n) is 5.77. The topological polar surface area (TPSA) is 115 Å². The number of hydrogen-bond acceptors (Lipinski definition) is 7. The molecule has 1 amide bonds. The van der Waals surface area contributed by atoms with Crippen molar-refractivity contribution in [2.75, 3.05) is 5.32 Å². The molecular formula is C19H11N3O5S. The molecule has 4 rings (SSSR count). The Morgan fingerprint density at radius 2 is 2.07 bits per heavy atom. The third-order valence-corrected chi connectivity index (χ3v) is 4.87. The van der Waals surface area contributed by atoms with Gasteiger partial charge in [-0.05, 0) is 24.3 Å². The molecule has 0 aliphatic carbocycles. The van der Waals surface area contributed by atoms with E-state index in [0.29, 0.717) is 26.3 Å². The van der Waals surface area contributed by atoms with E-state index in [2.05, 4.69) is 10.3 Å². The number of amides is 1. The van der Waals surface area contributed by atoms with Crippen LogP contribution in [-0.2, 0) is 4.79 Å². The van der Waals surface area contributed by atoms with Crippen LogP contribution < -0.4 is 10.7 Å². The molecule has 2 aromatic heterocycles. The molecule has 0 aliphatic heterocycles. The van der Waals surface area contributed by atoms with Gasteiger partial charge in [0.05, 0.1) is 26.1 Å². The number of rotatable bonds is 4. The van der Waals surface area contributed by atoms with Gasteiger partial charge in [-0.25, -0.2) is 4.98 Å². The van der Waals surface area contributed by atoms with E-state index in [0.717, 1.165) is 11.3 Å². The van der Waals surface area contributed by atoms with Gasteiger partial charge in [0.15, 0.2) is 10.6 Å². The predicted molar refractivity (Wildman–Crippen MR) is 106 cm³/mol. The molecule has 2 aromatic carbocycles. The molecule has 28 heavy (non-hydrogen) atoms. The van der Waals surface area contributed by atoms with Crippen molar-refractivity contribution < 1.29 is 14.1 Å². The van der Waals surface area contributed by atoms with Gasteiger partial charge in [0.1, 0.15) is 11.8 Å². The van der Waals surface area contributed by atoms with Crippen LogP contribution in [0.4, 0.5) is 10.8 Å². The van der Waals surface area contributed by atoms with Gasteiger partial charge in [-0.1, -0.05) is 23.5 Å². The minimum atomic E-state index is -0.491. The summed E-state index contributed by atoms with van der Waals surface area (Å²) in [5, 5.41) is 14.2. The smallest absolute Gasteiger partial charge is 0.270 e. The summed E-state index contributed by atoms with van der Waals surface area (Å²) in [4.78, 5) is 39.1. The SMILES string of the molecule is O=C(/C=C/c1coc2ccccc2c1=O)Nc1nc2ccc([N+](=O)[O-])cc2s1. The lowest BCUT2D eigenvalue weighted by Crippen LogP contribution is -2.09.